The van der Waals surface area contributed by atoms with E-state index >= 15 is 0 Å². The lowest BCUT2D eigenvalue weighted by Crippen LogP contribution is -2.39. The molecule has 0 saturated heterocycles. The highest BCUT2D eigenvalue weighted by atomic mass is 32.1. The number of nitrogens with zero attached hydrogens (tertiary/aromatic N) is 2. The lowest BCUT2D eigenvalue weighted by molar-refractivity contribution is -0.138. The van der Waals surface area contributed by atoms with Crippen LogP contribution in [0, 0.1) is 0 Å². The van der Waals surface area contributed by atoms with Crippen LogP contribution in [0.15, 0.2) is 76.2 Å². The van der Waals surface area contributed by atoms with E-state index in [0.717, 1.165) is 5.56 Å². The second-order valence-corrected chi connectivity index (χ2v) is 8.85. The first-order valence-corrected chi connectivity index (χ1v) is 11.9. The van der Waals surface area contributed by atoms with Crippen LogP contribution in [0.2, 0.25) is 0 Å². The number of fused-ring (bicyclic) bond motifs is 1. The summed E-state index contributed by atoms with van der Waals surface area (Å²) in [5.74, 6) is 0.868. The molecule has 0 saturated carbocycles. The topological polar surface area (TPSA) is 88.4 Å². The fourth-order valence-corrected chi connectivity index (χ4v) is 5.13. The summed E-state index contributed by atoms with van der Waals surface area (Å²) in [6, 6.07) is 12.2. The summed E-state index contributed by atoms with van der Waals surface area (Å²) in [6.45, 7) is 5.41. The Hall–Kier alpha value is -4.11. The van der Waals surface area contributed by atoms with Crippen LogP contribution in [-0.2, 0) is 9.53 Å². The van der Waals surface area contributed by atoms with Crippen molar-refractivity contribution in [2.75, 3.05) is 27.9 Å². The first-order valence-electron chi connectivity index (χ1n) is 11.1. The van der Waals surface area contributed by atoms with Gasteiger partial charge in [0.2, 0.25) is 5.75 Å². The molecule has 0 bridgehead atoms. The molecule has 2 heterocycles. The van der Waals surface area contributed by atoms with Crippen molar-refractivity contribution in [1.29, 1.82) is 0 Å². The van der Waals surface area contributed by atoms with E-state index in [1.165, 1.54) is 38.7 Å². The summed E-state index contributed by atoms with van der Waals surface area (Å²) in [4.78, 5) is 31.8. The van der Waals surface area contributed by atoms with Gasteiger partial charge in [0.05, 0.1) is 43.2 Å². The Balaban J connectivity index is 1.92. The molecule has 36 heavy (non-hydrogen) atoms. The number of esters is 1. The molecule has 1 aliphatic rings. The molecule has 3 aromatic rings. The Labute approximate surface area is 212 Å². The molecule has 0 spiro atoms. The van der Waals surface area contributed by atoms with E-state index in [9.17, 15) is 9.59 Å². The maximum Gasteiger partial charge on any atom is 0.338 e. The van der Waals surface area contributed by atoms with Gasteiger partial charge in [-0.2, -0.15) is 0 Å². The monoisotopic (exact) mass is 506 g/mol. The van der Waals surface area contributed by atoms with Gasteiger partial charge in [-0.3, -0.25) is 9.36 Å². The molecule has 0 amide bonds. The van der Waals surface area contributed by atoms with Gasteiger partial charge in [-0.05, 0) is 36.3 Å². The predicted molar refractivity (Wildman–Crippen MR) is 137 cm³/mol. The van der Waals surface area contributed by atoms with Crippen molar-refractivity contribution in [1.82, 2.24) is 4.57 Å². The summed E-state index contributed by atoms with van der Waals surface area (Å²) in [7, 11) is 4.59. The van der Waals surface area contributed by atoms with Gasteiger partial charge in [0.25, 0.3) is 5.56 Å². The van der Waals surface area contributed by atoms with Crippen LogP contribution in [-0.4, -0.2) is 38.5 Å². The standard InChI is InChI=1S/C27H26N2O6S/c1-6-12-35-26(31)22-16(2)28-27-29(23(22)18-10-8-7-9-11-18)25(30)21(36-27)15-17-13-19(32-3)24(34-5)20(14-17)33-4/h6-11,13-15,23H,1,12H2,2-5H3/b21-15+. The van der Waals surface area contributed by atoms with Crippen molar-refractivity contribution in [2.45, 2.75) is 13.0 Å². The number of allylic oxidation sites excluding steroid dienone is 1. The van der Waals surface area contributed by atoms with Crippen LogP contribution in [0.25, 0.3) is 6.08 Å². The van der Waals surface area contributed by atoms with Crippen LogP contribution in [0.1, 0.15) is 24.1 Å². The largest absolute Gasteiger partial charge is 0.493 e. The first kappa shape index (κ1) is 25.0. The molecule has 8 nitrogen and oxygen atoms in total. The van der Waals surface area contributed by atoms with Gasteiger partial charge in [-0.25, -0.2) is 9.79 Å². The minimum Gasteiger partial charge on any atom is -0.493 e. The number of benzene rings is 2. The zero-order valence-corrected chi connectivity index (χ0v) is 21.3. The minimum absolute atomic E-state index is 0.0582. The molecule has 1 aromatic heterocycles. The van der Waals surface area contributed by atoms with Gasteiger partial charge >= 0.3 is 5.97 Å². The summed E-state index contributed by atoms with van der Waals surface area (Å²) in [5, 5.41) is 0. The van der Waals surface area contributed by atoms with Crippen molar-refractivity contribution in [3.8, 4) is 17.2 Å². The molecule has 9 heteroatoms. The summed E-state index contributed by atoms with van der Waals surface area (Å²) < 4.78 is 23.6. The van der Waals surface area contributed by atoms with E-state index in [4.69, 9.17) is 18.9 Å². The molecule has 1 atom stereocenters. The third kappa shape index (κ3) is 4.57. The Bertz CT molecular complexity index is 1490. The highest BCUT2D eigenvalue weighted by Crippen LogP contribution is 2.38. The Morgan fingerprint density at radius 2 is 1.78 bits per heavy atom. The Kier molecular flexibility index (Phi) is 7.40. The SMILES string of the molecule is C=CCOC(=O)C1=C(C)N=c2s/c(=C/c3cc(OC)c(OC)c(OC)c3)c(=O)n2C1c1ccccc1. The van der Waals surface area contributed by atoms with Gasteiger partial charge in [-0.1, -0.05) is 54.3 Å². The number of hydrogen-bond donors (Lipinski definition) is 0. The third-order valence-electron chi connectivity index (χ3n) is 5.67. The molecule has 0 aliphatic carbocycles. The smallest absolute Gasteiger partial charge is 0.338 e. The molecule has 1 aliphatic heterocycles. The average molecular weight is 507 g/mol. The molecular weight excluding hydrogens is 480 g/mol. The van der Waals surface area contributed by atoms with Crippen molar-refractivity contribution in [3.63, 3.8) is 0 Å². The zero-order chi connectivity index (χ0) is 25.8. The second-order valence-electron chi connectivity index (χ2n) is 7.84. The fourth-order valence-electron chi connectivity index (χ4n) is 4.08. The van der Waals surface area contributed by atoms with Crippen LogP contribution < -0.4 is 29.1 Å². The summed E-state index contributed by atoms with van der Waals surface area (Å²) in [6.07, 6.45) is 3.24. The predicted octanol–water partition coefficient (Wildman–Crippen LogP) is 2.99. The van der Waals surface area contributed by atoms with Gasteiger partial charge in [0.1, 0.15) is 6.61 Å². The number of thiazole rings is 1. The lowest BCUT2D eigenvalue weighted by atomic mass is 9.96. The van der Waals surface area contributed by atoms with Gasteiger partial charge in [0.15, 0.2) is 16.3 Å². The zero-order valence-electron chi connectivity index (χ0n) is 20.4. The van der Waals surface area contributed by atoms with Crippen LogP contribution in [0.4, 0.5) is 0 Å². The molecule has 0 N–H and O–H groups in total. The molecule has 1 unspecified atom stereocenters. The lowest BCUT2D eigenvalue weighted by Gasteiger charge is -2.24. The maximum absolute atomic E-state index is 13.7. The highest BCUT2D eigenvalue weighted by Gasteiger charge is 2.33. The Morgan fingerprint density at radius 1 is 1.11 bits per heavy atom. The second kappa shape index (κ2) is 10.7. The molecular formula is C27H26N2O6S. The van der Waals surface area contributed by atoms with E-state index in [1.807, 2.05) is 30.3 Å². The van der Waals surface area contributed by atoms with Crippen molar-refractivity contribution in [2.24, 2.45) is 4.99 Å². The van der Waals surface area contributed by atoms with Crippen molar-refractivity contribution < 1.29 is 23.7 Å². The first-order chi connectivity index (χ1) is 17.4. The molecule has 0 radical (unpaired) electrons. The number of methoxy groups -OCH3 is 3. The van der Waals surface area contributed by atoms with Gasteiger partial charge in [-0.15, -0.1) is 0 Å². The molecule has 2 aromatic carbocycles. The van der Waals surface area contributed by atoms with Crippen molar-refractivity contribution >= 4 is 23.4 Å². The van der Waals surface area contributed by atoms with E-state index in [2.05, 4.69) is 11.6 Å². The van der Waals surface area contributed by atoms with Crippen LogP contribution in [0.3, 0.4) is 0 Å². The number of carbonyl (C=O) groups excluding carboxylic acids is 1. The highest BCUT2D eigenvalue weighted by molar-refractivity contribution is 7.07. The van der Waals surface area contributed by atoms with Crippen molar-refractivity contribution in [3.05, 3.63) is 97.2 Å². The summed E-state index contributed by atoms with van der Waals surface area (Å²) in [5.41, 5.74) is 2.00. The third-order valence-corrected chi connectivity index (χ3v) is 6.66. The number of rotatable bonds is 8. The van der Waals surface area contributed by atoms with E-state index < -0.39 is 12.0 Å². The number of carbonyl (C=O) groups is 1. The normalized spacial score (nSPS) is 15.1. The number of aromatic nitrogens is 1. The minimum atomic E-state index is -0.679. The summed E-state index contributed by atoms with van der Waals surface area (Å²) >= 11 is 1.24. The molecule has 0 fully saturated rings. The van der Waals surface area contributed by atoms with Gasteiger partial charge < -0.3 is 18.9 Å². The number of ether oxygens (including phenoxy) is 4. The van der Waals surface area contributed by atoms with E-state index in [-0.39, 0.29) is 12.2 Å². The molecule has 4 rings (SSSR count). The molecule has 186 valence electrons. The Morgan fingerprint density at radius 3 is 2.36 bits per heavy atom. The van der Waals surface area contributed by atoms with Crippen LogP contribution >= 0.6 is 11.3 Å². The number of hydrogen-bond acceptors (Lipinski definition) is 8. The quantitative estimate of drug-likeness (QED) is 0.345. The van der Waals surface area contributed by atoms with Gasteiger partial charge in [0, 0.05) is 0 Å². The van der Waals surface area contributed by atoms with E-state index in [1.54, 1.807) is 29.7 Å². The fraction of sp³-hybridized carbons (Fsp3) is 0.222. The van der Waals surface area contributed by atoms with E-state index in [0.29, 0.717) is 43.4 Å². The maximum atomic E-state index is 13.7. The van der Waals surface area contributed by atoms with Crippen LogP contribution in [0.5, 0.6) is 17.2 Å². The average Bonchev–Trinajstić information content (AvgIpc) is 3.20.